The van der Waals surface area contributed by atoms with E-state index in [2.05, 4.69) is 33.4 Å². The van der Waals surface area contributed by atoms with Gasteiger partial charge in [0.2, 0.25) is 5.91 Å². The second kappa shape index (κ2) is 9.37. The van der Waals surface area contributed by atoms with Crippen molar-refractivity contribution in [3.8, 4) is 0 Å². The van der Waals surface area contributed by atoms with Crippen LogP contribution in [0.25, 0.3) is 10.2 Å². The third kappa shape index (κ3) is 5.34. The third-order valence-electron chi connectivity index (χ3n) is 5.28. The fraction of sp³-hybridized carbons (Fsp3) is 0.391. The summed E-state index contributed by atoms with van der Waals surface area (Å²) in [7, 11) is 1.95. The highest BCUT2D eigenvalue weighted by molar-refractivity contribution is 7.18. The van der Waals surface area contributed by atoms with Gasteiger partial charge in [-0.25, -0.2) is 4.98 Å². The van der Waals surface area contributed by atoms with Crippen LogP contribution in [-0.4, -0.2) is 42.5 Å². The molecule has 0 spiro atoms. The number of thiazole rings is 1. The number of anilines is 2. The number of rotatable bonds is 6. The van der Waals surface area contributed by atoms with E-state index in [9.17, 15) is 4.79 Å². The first-order valence-corrected chi connectivity index (χ1v) is 11.2. The van der Waals surface area contributed by atoms with Gasteiger partial charge in [-0.15, -0.1) is 11.3 Å². The lowest BCUT2D eigenvalue weighted by atomic mass is 10.2. The van der Waals surface area contributed by atoms with Gasteiger partial charge in [0.25, 0.3) is 0 Å². The number of carbonyl (C=O) groups is 1. The zero-order valence-corrected chi connectivity index (χ0v) is 17.8. The Kier molecular flexibility index (Phi) is 6.42. The molecule has 5 nitrogen and oxygen atoms in total. The standard InChI is InChI=1S/C23H28N4OS/c1-26(17-23-25-20-8-4-5-9-21(20)29-23)16-22(28)24-18-10-12-19(13-11-18)27-14-6-2-3-7-15-27/h4-5,8-13H,2-3,6-7,14-17H2,1H3,(H,24,28). The maximum atomic E-state index is 12.4. The number of nitrogens with one attached hydrogen (secondary N) is 1. The number of nitrogens with zero attached hydrogens (tertiary/aromatic N) is 3. The van der Waals surface area contributed by atoms with E-state index in [0.717, 1.165) is 29.3 Å². The lowest BCUT2D eigenvalue weighted by Crippen LogP contribution is -2.29. The second-order valence-corrected chi connectivity index (χ2v) is 8.86. The predicted octanol–water partition coefficient (Wildman–Crippen LogP) is 4.75. The summed E-state index contributed by atoms with van der Waals surface area (Å²) in [6.07, 6.45) is 5.18. The Hall–Kier alpha value is -2.44. The monoisotopic (exact) mass is 408 g/mol. The van der Waals surface area contributed by atoms with Gasteiger partial charge in [0.05, 0.1) is 23.3 Å². The van der Waals surface area contributed by atoms with Crippen molar-refractivity contribution < 1.29 is 4.79 Å². The van der Waals surface area contributed by atoms with E-state index in [4.69, 9.17) is 0 Å². The average Bonchev–Trinajstić information content (AvgIpc) is 2.92. The van der Waals surface area contributed by atoms with Gasteiger partial charge < -0.3 is 10.2 Å². The summed E-state index contributed by atoms with van der Waals surface area (Å²) in [6.45, 7) is 3.26. The van der Waals surface area contributed by atoms with Crippen LogP contribution < -0.4 is 10.2 Å². The summed E-state index contributed by atoms with van der Waals surface area (Å²) in [4.78, 5) is 21.5. The first-order valence-electron chi connectivity index (χ1n) is 10.4. The number of amides is 1. The molecule has 0 unspecified atom stereocenters. The molecule has 2 heterocycles. The van der Waals surface area contributed by atoms with Gasteiger partial charge in [-0.2, -0.15) is 0 Å². The summed E-state index contributed by atoms with van der Waals surface area (Å²) >= 11 is 1.68. The van der Waals surface area contributed by atoms with Gasteiger partial charge in [-0.3, -0.25) is 9.69 Å². The number of benzene rings is 2. The van der Waals surface area contributed by atoms with E-state index in [0.29, 0.717) is 13.1 Å². The minimum absolute atomic E-state index is 0.00358. The number of fused-ring (bicyclic) bond motifs is 1. The summed E-state index contributed by atoms with van der Waals surface area (Å²) < 4.78 is 1.19. The van der Waals surface area contributed by atoms with Crippen LogP contribution in [0.15, 0.2) is 48.5 Å². The lowest BCUT2D eigenvalue weighted by Gasteiger charge is -2.23. The SMILES string of the molecule is CN(CC(=O)Nc1ccc(N2CCCCCC2)cc1)Cc1nc2ccccc2s1. The van der Waals surface area contributed by atoms with Crippen molar-refractivity contribution in [1.29, 1.82) is 0 Å². The van der Waals surface area contributed by atoms with E-state index >= 15 is 0 Å². The van der Waals surface area contributed by atoms with E-state index in [1.807, 2.05) is 42.3 Å². The van der Waals surface area contributed by atoms with Crippen molar-refractivity contribution in [3.05, 3.63) is 53.5 Å². The van der Waals surface area contributed by atoms with Gasteiger partial charge in [0.1, 0.15) is 5.01 Å². The molecule has 1 aromatic heterocycles. The molecule has 29 heavy (non-hydrogen) atoms. The number of carbonyl (C=O) groups excluding carboxylic acids is 1. The maximum absolute atomic E-state index is 12.4. The van der Waals surface area contributed by atoms with Gasteiger partial charge in [-0.05, 0) is 56.3 Å². The number of aromatic nitrogens is 1. The fourth-order valence-electron chi connectivity index (χ4n) is 3.80. The van der Waals surface area contributed by atoms with Crippen LogP contribution in [0.5, 0.6) is 0 Å². The molecule has 1 N–H and O–H groups in total. The highest BCUT2D eigenvalue weighted by Gasteiger charge is 2.12. The van der Waals surface area contributed by atoms with Crippen molar-refractivity contribution in [2.75, 3.05) is 36.9 Å². The molecule has 0 bridgehead atoms. The molecule has 0 radical (unpaired) electrons. The van der Waals surface area contributed by atoms with Crippen molar-refractivity contribution in [3.63, 3.8) is 0 Å². The third-order valence-corrected chi connectivity index (χ3v) is 6.30. The van der Waals surface area contributed by atoms with Crippen molar-refractivity contribution in [2.24, 2.45) is 0 Å². The van der Waals surface area contributed by atoms with E-state index in [1.54, 1.807) is 11.3 Å². The van der Waals surface area contributed by atoms with Gasteiger partial charge in [0, 0.05) is 24.5 Å². The summed E-state index contributed by atoms with van der Waals surface area (Å²) in [6, 6.07) is 16.4. The van der Waals surface area contributed by atoms with Crippen LogP contribution in [0, 0.1) is 0 Å². The summed E-state index contributed by atoms with van der Waals surface area (Å²) in [5.41, 5.74) is 3.12. The molecule has 1 saturated heterocycles. The molecule has 1 aliphatic rings. The minimum Gasteiger partial charge on any atom is -0.372 e. The van der Waals surface area contributed by atoms with Crippen LogP contribution in [0.3, 0.4) is 0 Å². The van der Waals surface area contributed by atoms with Gasteiger partial charge in [-0.1, -0.05) is 25.0 Å². The number of likely N-dealkylation sites (N-methyl/N-ethyl adjacent to an activating group) is 1. The summed E-state index contributed by atoms with van der Waals surface area (Å²) in [5, 5.41) is 4.04. The number of para-hydroxylation sites is 1. The van der Waals surface area contributed by atoms with Crippen LogP contribution in [0.2, 0.25) is 0 Å². The van der Waals surface area contributed by atoms with Crippen molar-refractivity contribution >= 4 is 38.8 Å². The van der Waals surface area contributed by atoms with E-state index in [-0.39, 0.29) is 5.91 Å². The Morgan fingerprint density at radius 1 is 1.07 bits per heavy atom. The van der Waals surface area contributed by atoms with Crippen molar-refractivity contribution in [2.45, 2.75) is 32.2 Å². The zero-order valence-electron chi connectivity index (χ0n) is 16.9. The molecule has 0 aliphatic carbocycles. The predicted molar refractivity (Wildman–Crippen MR) is 122 cm³/mol. The Bertz CT molecular complexity index is 912. The smallest absolute Gasteiger partial charge is 0.238 e. The maximum Gasteiger partial charge on any atom is 0.238 e. The zero-order chi connectivity index (χ0) is 20.1. The highest BCUT2D eigenvalue weighted by Crippen LogP contribution is 2.23. The Morgan fingerprint density at radius 3 is 2.52 bits per heavy atom. The van der Waals surface area contributed by atoms with Crippen LogP contribution >= 0.6 is 11.3 Å². The Labute approximate surface area is 176 Å². The molecule has 1 aliphatic heterocycles. The molecule has 0 atom stereocenters. The summed E-state index contributed by atoms with van der Waals surface area (Å²) in [5.74, 6) is -0.00358. The number of hydrogen-bond acceptors (Lipinski definition) is 5. The molecule has 1 fully saturated rings. The lowest BCUT2D eigenvalue weighted by molar-refractivity contribution is -0.117. The molecule has 2 aromatic carbocycles. The van der Waals surface area contributed by atoms with Crippen molar-refractivity contribution in [1.82, 2.24) is 9.88 Å². The first-order chi connectivity index (χ1) is 14.2. The fourth-order valence-corrected chi connectivity index (χ4v) is 4.85. The largest absolute Gasteiger partial charge is 0.372 e. The molecule has 1 amide bonds. The quantitative estimate of drug-likeness (QED) is 0.640. The second-order valence-electron chi connectivity index (χ2n) is 7.74. The van der Waals surface area contributed by atoms with E-state index < -0.39 is 0 Å². The number of hydrogen-bond donors (Lipinski definition) is 1. The van der Waals surface area contributed by atoms with Crippen LogP contribution in [0.4, 0.5) is 11.4 Å². The molecular weight excluding hydrogens is 380 g/mol. The first kappa shape index (κ1) is 19.9. The Morgan fingerprint density at radius 2 is 1.79 bits per heavy atom. The van der Waals surface area contributed by atoms with Crippen LogP contribution in [-0.2, 0) is 11.3 Å². The molecule has 152 valence electrons. The minimum atomic E-state index is -0.00358. The average molecular weight is 409 g/mol. The topological polar surface area (TPSA) is 48.5 Å². The molecule has 3 aromatic rings. The normalized spacial score (nSPS) is 14.9. The molecule has 4 rings (SSSR count). The Balaban J connectivity index is 1.29. The van der Waals surface area contributed by atoms with E-state index in [1.165, 1.54) is 36.1 Å². The molecule has 6 heteroatoms. The highest BCUT2D eigenvalue weighted by atomic mass is 32.1. The molecule has 0 saturated carbocycles. The van der Waals surface area contributed by atoms with Gasteiger partial charge >= 0.3 is 0 Å². The molecular formula is C23H28N4OS. The van der Waals surface area contributed by atoms with Gasteiger partial charge in [0.15, 0.2) is 0 Å². The van der Waals surface area contributed by atoms with Crippen LogP contribution in [0.1, 0.15) is 30.7 Å².